The number of benzene rings is 1. The zero-order chi connectivity index (χ0) is 20.4. The maximum absolute atomic E-state index is 13.1. The SMILES string of the molecule is CCn1c(=O)n(CC)c2cc(C(=O)N[C@H](c3ccncc3)c3cccs3)ccc21. The van der Waals surface area contributed by atoms with Crippen molar-refractivity contribution in [3.05, 3.63) is 86.7 Å². The van der Waals surface area contributed by atoms with E-state index >= 15 is 0 Å². The highest BCUT2D eigenvalue weighted by Gasteiger charge is 2.20. The van der Waals surface area contributed by atoms with Gasteiger partial charge in [-0.25, -0.2) is 4.79 Å². The van der Waals surface area contributed by atoms with Gasteiger partial charge in [-0.15, -0.1) is 11.3 Å². The number of carbonyl (C=O) groups excluding carboxylic acids is 1. The molecule has 4 rings (SSSR count). The Morgan fingerprint density at radius 2 is 1.79 bits per heavy atom. The van der Waals surface area contributed by atoms with Gasteiger partial charge >= 0.3 is 5.69 Å². The third kappa shape index (κ3) is 3.49. The van der Waals surface area contributed by atoms with Crippen molar-refractivity contribution in [2.45, 2.75) is 33.0 Å². The minimum Gasteiger partial charge on any atom is -0.340 e. The molecule has 0 aliphatic rings. The number of nitrogens with zero attached hydrogens (tertiary/aromatic N) is 3. The zero-order valence-electron chi connectivity index (χ0n) is 16.3. The van der Waals surface area contributed by atoms with E-state index in [9.17, 15) is 9.59 Å². The lowest BCUT2D eigenvalue weighted by Gasteiger charge is -2.18. The van der Waals surface area contributed by atoms with E-state index in [0.29, 0.717) is 18.7 Å². The lowest BCUT2D eigenvalue weighted by molar-refractivity contribution is 0.0943. The van der Waals surface area contributed by atoms with Crippen LogP contribution < -0.4 is 11.0 Å². The molecule has 1 aromatic carbocycles. The summed E-state index contributed by atoms with van der Waals surface area (Å²) in [5.41, 5.74) is 3.09. The van der Waals surface area contributed by atoms with E-state index in [4.69, 9.17) is 0 Å². The van der Waals surface area contributed by atoms with E-state index in [-0.39, 0.29) is 17.6 Å². The highest BCUT2D eigenvalue weighted by atomic mass is 32.1. The molecule has 7 heteroatoms. The van der Waals surface area contributed by atoms with Gasteiger partial charge in [0.15, 0.2) is 0 Å². The summed E-state index contributed by atoms with van der Waals surface area (Å²) in [7, 11) is 0. The predicted molar refractivity (Wildman–Crippen MR) is 115 cm³/mol. The van der Waals surface area contributed by atoms with Crippen LogP contribution in [0.4, 0.5) is 0 Å². The molecule has 0 saturated heterocycles. The lowest BCUT2D eigenvalue weighted by atomic mass is 10.1. The van der Waals surface area contributed by atoms with Crippen molar-refractivity contribution in [2.75, 3.05) is 0 Å². The third-order valence-corrected chi connectivity index (χ3v) is 5.99. The highest BCUT2D eigenvalue weighted by molar-refractivity contribution is 7.10. The molecule has 6 nitrogen and oxygen atoms in total. The van der Waals surface area contributed by atoms with Crippen LogP contribution in [0.5, 0.6) is 0 Å². The number of thiophene rings is 1. The Morgan fingerprint density at radius 3 is 2.45 bits per heavy atom. The van der Waals surface area contributed by atoms with Gasteiger partial charge in [0.1, 0.15) is 0 Å². The standard InChI is InChI=1S/C22H22N4O2S/c1-3-25-17-8-7-16(14-18(17)26(4-2)22(25)28)21(27)24-20(19-6-5-13-29-19)15-9-11-23-12-10-15/h5-14,20H,3-4H2,1-2H3,(H,24,27)/t20-/m1/s1. The fourth-order valence-electron chi connectivity index (χ4n) is 3.62. The molecule has 3 heterocycles. The van der Waals surface area contributed by atoms with E-state index < -0.39 is 0 Å². The van der Waals surface area contributed by atoms with Crippen molar-refractivity contribution < 1.29 is 4.79 Å². The number of amides is 1. The van der Waals surface area contributed by atoms with Crippen molar-refractivity contribution in [2.24, 2.45) is 0 Å². The number of hydrogen-bond acceptors (Lipinski definition) is 4. The first-order valence-corrected chi connectivity index (χ1v) is 10.5. The molecule has 0 saturated carbocycles. The van der Waals surface area contributed by atoms with Crippen LogP contribution in [0, 0.1) is 0 Å². The lowest BCUT2D eigenvalue weighted by Crippen LogP contribution is -2.28. The van der Waals surface area contributed by atoms with E-state index in [1.165, 1.54) is 0 Å². The molecule has 3 aromatic heterocycles. The van der Waals surface area contributed by atoms with E-state index in [2.05, 4.69) is 10.3 Å². The average Bonchev–Trinajstić information content (AvgIpc) is 3.37. The summed E-state index contributed by atoms with van der Waals surface area (Å²) in [6.45, 7) is 5.03. The molecule has 0 bridgehead atoms. The highest BCUT2D eigenvalue weighted by Crippen LogP contribution is 2.26. The van der Waals surface area contributed by atoms with Gasteiger partial charge in [0.2, 0.25) is 0 Å². The molecule has 0 unspecified atom stereocenters. The smallest absolute Gasteiger partial charge is 0.329 e. The van der Waals surface area contributed by atoms with Gasteiger partial charge in [-0.3, -0.25) is 18.9 Å². The number of aryl methyl sites for hydroxylation is 2. The molecule has 29 heavy (non-hydrogen) atoms. The summed E-state index contributed by atoms with van der Waals surface area (Å²) in [4.78, 5) is 30.8. The molecule has 1 amide bonds. The Labute approximate surface area is 172 Å². The average molecular weight is 407 g/mol. The first-order chi connectivity index (χ1) is 14.1. The van der Waals surface area contributed by atoms with Crippen molar-refractivity contribution in [1.29, 1.82) is 0 Å². The number of pyridine rings is 1. The van der Waals surface area contributed by atoms with E-state index in [1.54, 1.807) is 45.0 Å². The number of imidazole rings is 1. The molecule has 4 aromatic rings. The molecule has 1 N–H and O–H groups in total. The van der Waals surface area contributed by atoms with Crippen LogP contribution in [0.3, 0.4) is 0 Å². The first kappa shape index (κ1) is 19.1. The minimum absolute atomic E-state index is 0.0456. The topological polar surface area (TPSA) is 68.9 Å². The van der Waals surface area contributed by atoms with Crippen LogP contribution >= 0.6 is 11.3 Å². The normalized spacial score (nSPS) is 12.2. The number of hydrogen-bond donors (Lipinski definition) is 1. The number of aromatic nitrogens is 3. The summed E-state index contributed by atoms with van der Waals surface area (Å²) < 4.78 is 3.43. The van der Waals surface area contributed by atoms with Crippen LogP contribution in [0.1, 0.15) is 40.7 Å². The van der Waals surface area contributed by atoms with Crippen molar-refractivity contribution in [3.8, 4) is 0 Å². The second-order valence-electron chi connectivity index (χ2n) is 6.68. The molecule has 0 aliphatic heterocycles. The molecule has 0 fully saturated rings. The van der Waals surface area contributed by atoms with E-state index in [1.807, 2.05) is 49.6 Å². The monoisotopic (exact) mass is 406 g/mol. The summed E-state index contributed by atoms with van der Waals surface area (Å²) in [5, 5.41) is 5.13. The first-order valence-electron chi connectivity index (χ1n) is 9.61. The third-order valence-electron chi connectivity index (χ3n) is 5.06. The minimum atomic E-state index is -0.255. The fourth-order valence-corrected chi connectivity index (χ4v) is 4.42. The molecule has 0 spiro atoms. The van der Waals surface area contributed by atoms with Crippen molar-refractivity contribution in [1.82, 2.24) is 19.4 Å². The summed E-state index contributed by atoms with van der Waals surface area (Å²) in [6.07, 6.45) is 3.45. The van der Waals surface area contributed by atoms with Gasteiger partial charge in [0.05, 0.1) is 17.1 Å². The second kappa shape index (κ2) is 8.05. The Kier molecular flexibility index (Phi) is 5.31. The Hall–Kier alpha value is -3.19. The van der Waals surface area contributed by atoms with Crippen LogP contribution in [-0.4, -0.2) is 20.0 Å². The molecular formula is C22H22N4O2S. The summed E-state index contributed by atoms with van der Waals surface area (Å²) in [5.74, 6) is -0.179. The van der Waals surface area contributed by atoms with Crippen molar-refractivity contribution >= 4 is 28.3 Å². The Balaban J connectivity index is 1.72. The Bertz CT molecular complexity index is 1190. The van der Waals surface area contributed by atoms with Crippen molar-refractivity contribution in [3.63, 3.8) is 0 Å². The van der Waals surface area contributed by atoms with Gasteiger partial charge in [0, 0.05) is 35.9 Å². The van der Waals surface area contributed by atoms with Crippen LogP contribution in [0.25, 0.3) is 11.0 Å². The quantitative estimate of drug-likeness (QED) is 0.529. The fraction of sp³-hybridized carbons (Fsp3) is 0.227. The summed E-state index contributed by atoms with van der Waals surface area (Å²) >= 11 is 1.60. The number of fused-ring (bicyclic) bond motifs is 1. The van der Waals surface area contributed by atoms with Crippen LogP contribution in [0.15, 0.2) is 65.0 Å². The largest absolute Gasteiger partial charge is 0.340 e. The number of nitrogens with one attached hydrogen (secondary N) is 1. The predicted octanol–water partition coefficient (Wildman–Crippen LogP) is 3.82. The van der Waals surface area contributed by atoms with Gasteiger partial charge < -0.3 is 5.32 Å². The Morgan fingerprint density at radius 1 is 1.07 bits per heavy atom. The van der Waals surface area contributed by atoms with E-state index in [0.717, 1.165) is 21.5 Å². The molecule has 0 radical (unpaired) electrons. The summed E-state index contributed by atoms with van der Waals surface area (Å²) in [6, 6.07) is 13.0. The van der Waals surface area contributed by atoms with Gasteiger partial charge in [-0.2, -0.15) is 0 Å². The van der Waals surface area contributed by atoms with Crippen LogP contribution in [-0.2, 0) is 13.1 Å². The van der Waals surface area contributed by atoms with Crippen LogP contribution in [0.2, 0.25) is 0 Å². The van der Waals surface area contributed by atoms with Gasteiger partial charge in [-0.05, 0) is 61.2 Å². The van der Waals surface area contributed by atoms with Gasteiger partial charge in [0.25, 0.3) is 5.91 Å². The molecular weight excluding hydrogens is 384 g/mol. The maximum Gasteiger partial charge on any atom is 0.329 e. The molecule has 148 valence electrons. The number of rotatable bonds is 6. The molecule has 1 atom stereocenters. The molecule has 0 aliphatic carbocycles. The zero-order valence-corrected chi connectivity index (χ0v) is 17.1. The maximum atomic E-state index is 13.1. The second-order valence-corrected chi connectivity index (χ2v) is 7.66. The van der Waals surface area contributed by atoms with Gasteiger partial charge in [-0.1, -0.05) is 6.07 Å². The number of carbonyl (C=O) groups is 1.